The van der Waals surface area contributed by atoms with Crippen molar-refractivity contribution < 1.29 is 19.0 Å². The Morgan fingerprint density at radius 2 is 2.12 bits per heavy atom. The fourth-order valence-corrected chi connectivity index (χ4v) is 1.62. The molecule has 1 aromatic carbocycles. The smallest absolute Gasteiger partial charge is 0.323 e. The van der Waals surface area contributed by atoms with E-state index in [1.165, 1.54) is 19.2 Å². The fourth-order valence-electron chi connectivity index (χ4n) is 1.62. The van der Waals surface area contributed by atoms with Crippen LogP contribution in [0.5, 0.6) is 5.75 Å². The molecule has 0 aliphatic rings. The molecular weight excluding hydrogens is 225 g/mol. The summed E-state index contributed by atoms with van der Waals surface area (Å²) in [5.41, 5.74) is 5.07. The minimum Gasteiger partial charge on any atom is -0.508 e. The summed E-state index contributed by atoms with van der Waals surface area (Å²) < 4.78 is 18.3. The van der Waals surface area contributed by atoms with Gasteiger partial charge in [0.15, 0.2) is 0 Å². The molecular formula is C12H16FNO3. The molecule has 1 atom stereocenters. The van der Waals surface area contributed by atoms with Gasteiger partial charge in [0.1, 0.15) is 17.6 Å². The molecule has 0 aromatic heterocycles. The first-order chi connectivity index (χ1) is 7.80. The third-order valence-corrected chi connectivity index (χ3v) is 2.88. The van der Waals surface area contributed by atoms with E-state index in [9.17, 15) is 9.18 Å². The number of carbonyl (C=O) groups excluding carboxylic acids is 1. The molecule has 1 unspecified atom stereocenters. The third kappa shape index (κ3) is 2.55. The van der Waals surface area contributed by atoms with E-state index in [0.717, 1.165) is 6.07 Å². The van der Waals surface area contributed by atoms with Crippen LogP contribution in [0.25, 0.3) is 0 Å². The number of hydrogen-bond donors (Lipinski definition) is 2. The number of nitrogens with two attached hydrogens (primary N) is 1. The minimum atomic E-state index is -0.980. The van der Waals surface area contributed by atoms with Crippen LogP contribution in [-0.4, -0.2) is 24.2 Å². The van der Waals surface area contributed by atoms with Crippen LogP contribution in [0.2, 0.25) is 0 Å². The van der Waals surface area contributed by atoms with Gasteiger partial charge in [0.2, 0.25) is 0 Å². The van der Waals surface area contributed by atoms with E-state index in [-0.39, 0.29) is 11.3 Å². The normalized spacial score (nSPS) is 13.2. The quantitative estimate of drug-likeness (QED) is 0.782. The Morgan fingerprint density at radius 3 is 2.59 bits per heavy atom. The largest absolute Gasteiger partial charge is 0.508 e. The highest BCUT2D eigenvalue weighted by Crippen LogP contribution is 2.30. The Hall–Kier alpha value is -1.62. The molecule has 0 saturated carbocycles. The number of carbonyl (C=O) groups is 1. The summed E-state index contributed by atoms with van der Waals surface area (Å²) in [6, 6.07) is 2.77. The van der Waals surface area contributed by atoms with Crippen molar-refractivity contribution in [2.24, 2.45) is 5.73 Å². The number of esters is 1. The van der Waals surface area contributed by atoms with Crippen LogP contribution in [0.3, 0.4) is 0 Å². The zero-order valence-electron chi connectivity index (χ0n) is 10.0. The Balaban J connectivity index is 3.16. The van der Waals surface area contributed by atoms with Gasteiger partial charge < -0.3 is 15.6 Å². The number of rotatable bonds is 3. The van der Waals surface area contributed by atoms with Gasteiger partial charge in [0.05, 0.1) is 7.11 Å². The predicted octanol–water partition coefficient (Wildman–Crippen LogP) is 1.31. The highest BCUT2D eigenvalue weighted by molar-refractivity contribution is 5.77. The van der Waals surface area contributed by atoms with Gasteiger partial charge in [0.25, 0.3) is 0 Å². The van der Waals surface area contributed by atoms with Gasteiger partial charge in [-0.25, -0.2) is 4.39 Å². The van der Waals surface area contributed by atoms with Crippen LogP contribution < -0.4 is 5.73 Å². The van der Waals surface area contributed by atoms with Crippen molar-refractivity contribution in [3.8, 4) is 5.75 Å². The van der Waals surface area contributed by atoms with Crippen molar-refractivity contribution in [3.05, 3.63) is 29.6 Å². The van der Waals surface area contributed by atoms with Crippen LogP contribution in [0.4, 0.5) is 4.39 Å². The second kappa shape index (κ2) is 4.71. The lowest BCUT2D eigenvalue weighted by atomic mass is 9.78. The summed E-state index contributed by atoms with van der Waals surface area (Å²) >= 11 is 0. The molecule has 5 heteroatoms. The van der Waals surface area contributed by atoms with Gasteiger partial charge in [-0.1, -0.05) is 19.9 Å². The lowest BCUT2D eigenvalue weighted by Crippen LogP contribution is -2.47. The Labute approximate surface area is 99.2 Å². The molecule has 17 heavy (non-hydrogen) atoms. The van der Waals surface area contributed by atoms with Crippen molar-refractivity contribution in [2.45, 2.75) is 25.3 Å². The van der Waals surface area contributed by atoms with E-state index in [0.29, 0.717) is 0 Å². The summed E-state index contributed by atoms with van der Waals surface area (Å²) in [5.74, 6) is -1.38. The highest BCUT2D eigenvalue weighted by Gasteiger charge is 2.36. The number of benzene rings is 1. The molecule has 0 spiro atoms. The molecule has 94 valence electrons. The van der Waals surface area contributed by atoms with E-state index < -0.39 is 23.2 Å². The summed E-state index contributed by atoms with van der Waals surface area (Å²) in [6.07, 6.45) is 0. The molecule has 0 amide bonds. The Morgan fingerprint density at radius 1 is 1.53 bits per heavy atom. The monoisotopic (exact) mass is 241 g/mol. The first-order valence-electron chi connectivity index (χ1n) is 5.13. The lowest BCUT2D eigenvalue weighted by molar-refractivity contribution is -0.143. The van der Waals surface area contributed by atoms with Crippen molar-refractivity contribution in [1.29, 1.82) is 0 Å². The maximum Gasteiger partial charge on any atom is 0.323 e. The van der Waals surface area contributed by atoms with Crippen molar-refractivity contribution in [1.82, 2.24) is 0 Å². The van der Waals surface area contributed by atoms with E-state index >= 15 is 0 Å². The summed E-state index contributed by atoms with van der Waals surface area (Å²) in [6.45, 7) is 3.29. The maximum atomic E-state index is 13.7. The van der Waals surface area contributed by atoms with Gasteiger partial charge in [-0.05, 0) is 11.6 Å². The van der Waals surface area contributed by atoms with Crippen LogP contribution in [0.1, 0.15) is 19.4 Å². The number of halogens is 1. The van der Waals surface area contributed by atoms with E-state index in [1.54, 1.807) is 13.8 Å². The average molecular weight is 241 g/mol. The van der Waals surface area contributed by atoms with E-state index in [4.69, 9.17) is 10.8 Å². The molecule has 4 nitrogen and oxygen atoms in total. The average Bonchev–Trinajstić information content (AvgIpc) is 2.26. The summed E-state index contributed by atoms with van der Waals surface area (Å²) in [4.78, 5) is 11.4. The molecule has 0 heterocycles. The number of aromatic hydroxyl groups is 1. The lowest BCUT2D eigenvalue weighted by Gasteiger charge is -2.30. The molecule has 0 radical (unpaired) electrons. The molecule has 0 saturated heterocycles. The van der Waals surface area contributed by atoms with E-state index in [1.807, 2.05) is 0 Å². The van der Waals surface area contributed by atoms with Gasteiger partial charge in [-0.2, -0.15) is 0 Å². The zero-order valence-corrected chi connectivity index (χ0v) is 10.0. The Kier molecular flexibility index (Phi) is 3.72. The Bertz CT molecular complexity index is 432. The summed E-state index contributed by atoms with van der Waals surface area (Å²) in [5, 5.41) is 9.13. The molecule has 1 rings (SSSR count). The summed E-state index contributed by atoms with van der Waals surface area (Å²) in [7, 11) is 1.23. The second-order valence-corrected chi connectivity index (χ2v) is 4.39. The first-order valence-corrected chi connectivity index (χ1v) is 5.13. The topological polar surface area (TPSA) is 72.5 Å². The van der Waals surface area contributed by atoms with Crippen molar-refractivity contribution >= 4 is 5.97 Å². The van der Waals surface area contributed by atoms with Gasteiger partial charge in [0, 0.05) is 11.5 Å². The van der Waals surface area contributed by atoms with E-state index in [2.05, 4.69) is 4.74 Å². The molecule has 0 bridgehead atoms. The molecule has 0 aliphatic carbocycles. The molecule has 3 N–H and O–H groups in total. The molecule has 0 aliphatic heterocycles. The fraction of sp³-hybridized carbons (Fsp3) is 0.417. The van der Waals surface area contributed by atoms with Crippen LogP contribution in [0.15, 0.2) is 18.2 Å². The zero-order chi connectivity index (χ0) is 13.2. The maximum absolute atomic E-state index is 13.7. The van der Waals surface area contributed by atoms with Gasteiger partial charge in [-0.3, -0.25) is 4.79 Å². The second-order valence-electron chi connectivity index (χ2n) is 4.39. The molecule has 0 fully saturated rings. The number of hydrogen-bond acceptors (Lipinski definition) is 4. The highest BCUT2D eigenvalue weighted by atomic mass is 19.1. The SMILES string of the molecule is COC(=O)C(N)C(C)(C)c1ccc(O)cc1F. The predicted molar refractivity (Wildman–Crippen MR) is 61.1 cm³/mol. The number of methoxy groups -OCH3 is 1. The first kappa shape index (κ1) is 13.4. The number of ether oxygens (including phenoxy) is 1. The van der Waals surface area contributed by atoms with Gasteiger partial charge >= 0.3 is 5.97 Å². The minimum absolute atomic E-state index is 0.173. The van der Waals surface area contributed by atoms with Crippen LogP contribution in [0, 0.1) is 5.82 Å². The van der Waals surface area contributed by atoms with Crippen LogP contribution >= 0.6 is 0 Å². The van der Waals surface area contributed by atoms with Crippen molar-refractivity contribution in [3.63, 3.8) is 0 Å². The molecule has 1 aromatic rings. The van der Waals surface area contributed by atoms with Gasteiger partial charge in [-0.15, -0.1) is 0 Å². The third-order valence-electron chi connectivity index (χ3n) is 2.88. The number of phenolic OH excluding ortho intramolecular Hbond substituents is 1. The number of phenols is 1. The van der Waals surface area contributed by atoms with Crippen molar-refractivity contribution in [2.75, 3.05) is 7.11 Å². The standard InChI is InChI=1S/C12H16FNO3/c1-12(2,10(14)11(16)17-3)8-5-4-7(15)6-9(8)13/h4-6,10,15H,14H2,1-3H3. The van der Waals surface area contributed by atoms with Crippen LogP contribution in [-0.2, 0) is 14.9 Å².